The number of likely N-dealkylation sites (N-methyl/N-ethyl adjacent to an activating group) is 1. The molecule has 0 bridgehead atoms. The number of aromatic nitrogens is 3. The molecule has 0 atom stereocenters. The van der Waals surface area contributed by atoms with Crippen molar-refractivity contribution in [3.8, 4) is 0 Å². The van der Waals surface area contributed by atoms with Crippen LogP contribution < -0.4 is 9.80 Å². The number of anilines is 3. The first-order valence-corrected chi connectivity index (χ1v) is 8.60. The standard InChI is InChI=1S/C20H21N5/c1-24(14-9-16-6-11-21-12-7-16)19-8-13-22-20(23-19)25-15-10-17-4-2-3-5-18(17)25/h2-8,11-13H,9-10,14-15H2,1H3. The Morgan fingerprint density at radius 3 is 2.76 bits per heavy atom. The number of para-hydroxylation sites is 1. The number of fused-ring (bicyclic) bond motifs is 1. The zero-order valence-corrected chi connectivity index (χ0v) is 14.3. The van der Waals surface area contributed by atoms with Crippen LogP contribution in [0.3, 0.4) is 0 Å². The van der Waals surface area contributed by atoms with E-state index in [9.17, 15) is 0 Å². The lowest BCUT2D eigenvalue weighted by Crippen LogP contribution is -2.23. The molecule has 4 rings (SSSR count). The molecule has 2 aromatic heterocycles. The summed E-state index contributed by atoms with van der Waals surface area (Å²) in [6.07, 6.45) is 7.53. The summed E-state index contributed by atoms with van der Waals surface area (Å²) in [5.41, 5.74) is 3.87. The van der Waals surface area contributed by atoms with Crippen molar-refractivity contribution >= 4 is 17.5 Å². The Kier molecular flexibility index (Phi) is 4.29. The maximum absolute atomic E-state index is 4.79. The molecule has 0 spiro atoms. The molecule has 1 aromatic carbocycles. The second-order valence-corrected chi connectivity index (χ2v) is 6.27. The predicted octanol–water partition coefficient (Wildman–Crippen LogP) is 3.24. The maximum Gasteiger partial charge on any atom is 0.231 e. The Balaban J connectivity index is 1.50. The maximum atomic E-state index is 4.79. The van der Waals surface area contributed by atoms with E-state index in [1.165, 1.54) is 16.8 Å². The molecule has 0 amide bonds. The van der Waals surface area contributed by atoms with Crippen LogP contribution in [0, 0.1) is 0 Å². The Morgan fingerprint density at radius 2 is 1.88 bits per heavy atom. The van der Waals surface area contributed by atoms with Gasteiger partial charge in [-0.3, -0.25) is 4.98 Å². The van der Waals surface area contributed by atoms with Gasteiger partial charge in [0.15, 0.2) is 0 Å². The van der Waals surface area contributed by atoms with Gasteiger partial charge in [-0.1, -0.05) is 18.2 Å². The molecule has 3 heterocycles. The average molecular weight is 331 g/mol. The van der Waals surface area contributed by atoms with Crippen LogP contribution in [0.1, 0.15) is 11.1 Å². The third-order valence-electron chi connectivity index (χ3n) is 4.63. The van der Waals surface area contributed by atoms with Crippen LogP contribution in [-0.2, 0) is 12.8 Å². The van der Waals surface area contributed by atoms with Gasteiger partial charge in [-0.15, -0.1) is 0 Å². The van der Waals surface area contributed by atoms with Gasteiger partial charge in [0.1, 0.15) is 5.82 Å². The molecule has 0 N–H and O–H groups in total. The van der Waals surface area contributed by atoms with E-state index in [1.54, 1.807) is 0 Å². The zero-order chi connectivity index (χ0) is 17.1. The molecular formula is C20H21N5. The quantitative estimate of drug-likeness (QED) is 0.718. The number of hydrogen-bond acceptors (Lipinski definition) is 5. The van der Waals surface area contributed by atoms with Gasteiger partial charge < -0.3 is 9.80 Å². The van der Waals surface area contributed by atoms with Gasteiger partial charge in [-0.05, 0) is 48.2 Å². The van der Waals surface area contributed by atoms with Crippen molar-refractivity contribution in [2.45, 2.75) is 12.8 Å². The zero-order valence-electron chi connectivity index (χ0n) is 14.3. The highest BCUT2D eigenvalue weighted by Gasteiger charge is 2.22. The number of pyridine rings is 1. The van der Waals surface area contributed by atoms with Crippen LogP contribution in [-0.4, -0.2) is 35.1 Å². The molecule has 0 fully saturated rings. The van der Waals surface area contributed by atoms with Crippen LogP contribution in [0.15, 0.2) is 61.1 Å². The number of benzene rings is 1. The summed E-state index contributed by atoms with van der Waals surface area (Å²) < 4.78 is 0. The molecule has 1 aliphatic rings. The molecule has 0 saturated carbocycles. The van der Waals surface area contributed by atoms with E-state index in [2.05, 4.69) is 63.2 Å². The molecule has 3 aromatic rings. The second-order valence-electron chi connectivity index (χ2n) is 6.27. The fraction of sp³-hybridized carbons (Fsp3) is 0.250. The van der Waals surface area contributed by atoms with E-state index in [0.717, 1.165) is 37.7 Å². The Hall–Kier alpha value is -2.95. The number of hydrogen-bond donors (Lipinski definition) is 0. The third kappa shape index (κ3) is 3.31. The lowest BCUT2D eigenvalue weighted by Gasteiger charge is -2.21. The SMILES string of the molecule is CN(CCc1ccncc1)c1ccnc(N2CCc3ccccc32)n1. The van der Waals surface area contributed by atoms with Crippen molar-refractivity contribution in [1.82, 2.24) is 15.0 Å². The topological polar surface area (TPSA) is 45.2 Å². The molecule has 126 valence electrons. The van der Waals surface area contributed by atoms with Gasteiger partial charge >= 0.3 is 0 Å². The monoisotopic (exact) mass is 331 g/mol. The Bertz CT molecular complexity index is 849. The van der Waals surface area contributed by atoms with E-state index in [-0.39, 0.29) is 0 Å². The van der Waals surface area contributed by atoms with Crippen molar-refractivity contribution in [1.29, 1.82) is 0 Å². The lowest BCUT2D eigenvalue weighted by molar-refractivity contribution is 0.847. The summed E-state index contributed by atoms with van der Waals surface area (Å²) in [6.45, 7) is 1.83. The smallest absolute Gasteiger partial charge is 0.231 e. The third-order valence-corrected chi connectivity index (χ3v) is 4.63. The summed E-state index contributed by atoms with van der Waals surface area (Å²) in [4.78, 5) is 17.7. The number of nitrogens with zero attached hydrogens (tertiary/aromatic N) is 5. The summed E-state index contributed by atoms with van der Waals surface area (Å²) in [7, 11) is 2.07. The molecule has 5 nitrogen and oxygen atoms in total. The van der Waals surface area contributed by atoms with Crippen LogP contribution in [0.4, 0.5) is 17.5 Å². The highest BCUT2D eigenvalue weighted by molar-refractivity contribution is 5.66. The van der Waals surface area contributed by atoms with E-state index >= 15 is 0 Å². The summed E-state index contributed by atoms with van der Waals surface area (Å²) in [6, 6.07) is 14.6. The Morgan fingerprint density at radius 1 is 1.04 bits per heavy atom. The highest BCUT2D eigenvalue weighted by atomic mass is 15.3. The van der Waals surface area contributed by atoms with Crippen LogP contribution in [0.2, 0.25) is 0 Å². The molecule has 0 unspecified atom stereocenters. The van der Waals surface area contributed by atoms with Crippen LogP contribution >= 0.6 is 0 Å². The van der Waals surface area contributed by atoms with Gasteiger partial charge in [-0.2, -0.15) is 4.98 Å². The summed E-state index contributed by atoms with van der Waals surface area (Å²) >= 11 is 0. The highest BCUT2D eigenvalue weighted by Crippen LogP contribution is 2.32. The normalized spacial score (nSPS) is 12.9. The van der Waals surface area contributed by atoms with E-state index in [1.807, 2.05) is 24.7 Å². The van der Waals surface area contributed by atoms with Gasteiger partial charge in [0.25, 0.3) is 0 Å². The molecule has 0 radical (unpaired) electrons. The van der Waals surface area contributed by atoms with Crippen molar-refractivity contribution in [3.63, 3.8) is 0 Å². The second kappa shape index (κ2) is 6.89. The van der Waals surface area contributed by atoms with Gasteiger partial charge in [0.2, 0.25) is 5.95 Å². The minimum Gasteiger partial charge on any atom is -0.359 e. The van der Waals surface area contributed by atoms with E-state index < -0.39 is 0 Å². The van der Waals surface area contributed by atoms with Crippen molar-refractivity contribution in [2.24, 2.45) is 0 Å². The number of rotatable bonds is 5. The average Bonchev–Trinajstić information content (AvgIpc) is 3.11. The first-order valence-electron chi connectivity index (χ1n) is 8.60. The predicted molar refractivity (Wildman–Crippen MR) is 100 cm³/mol. The van der Waals surface area contributed by atoms with Gasteiger partial charge in [-0.25, -0.2) is 4.98 Å². The minimum atomic E-state index is 0.776. The molecule has 0 aliphatic carbocycles. The lowest BCUT2D eigenvalue weighted by atomic mass is 10.2. The van der Waals surface area contributed by atoms with E-state index in [0.29, 0.717) is 0 Å². The summed E-state index contributed by atoms with van der Waals surface area (Å²) in [5, 5.41) is 0. The van der Waals surface area contributed by atoms with Crippen molar-refractivity contribution in [2.75, 3.05) is 29.9 Å². The Labute approximate surface area is 148 Å². The molecule has 1 aliphatic heterocycles. The van der Waals surface area contributed by atoms with E-state index in [4.69, 9.17) is 4.98 Å². The van der Waals surface area contributed by atoms with Crippen LogP contribution in [0.25, 0.3) is 0 Å². The summed E-state index contributed by atoms with van der Waals surface area (Å²) in [5.74, 6) is 1.72. The minimum absolute atomic E-state index is 0.776. The van der Waals surface area contributed by atoms with Crippen molar-refractivity contribution < 1.29 is 0 Å². The molecule has 0 saturated heterocycles. The molecule has 25 heavy (non-hydrogen) atoms. The molecule has 5 heteroatoms. The first kappa shape index (κ1) is 15.6. The van der Waals surface area contributed by atoms with Gasteiger partial charge in [0, 0.05) is 44.4 Å². The van der Waals surface area contributed by atoms with Gasteiger partial charge in [0.05, 0.1) is 0 Å². The van der Waals surface area contributed by atoms with Crippen molar-refractivity contribution in [3.05, 3.63) is 72.2 Å². The largest absolute Gasteiger partial charge is 0.359 e. The fourth-order valence-electron chi connectivity index (χ4n) is 3.19. The van der Waals surface area contributed by atoms with Crippen LogP contribution in [0.5, 0.6) is 0 Å². The first-order chi connectivity index (χ1) is 12.3. The molecular weight excluding hydrogens is 310 g/mol. The fourth-order valence-corrected chi connectivity index (χ4v) is 3.19.